The molecule has 0 saturated carbocycles. The molecule has 24 heavy (non-hydrogen) atoms. The van der Waals surface area contributed by atoms with E-state index in [1.807, 2.05) is 6.92 Å². The highest BCUT2D eigenvalue weighted by molar-refractivity contribution is 5.99. The van der Waals surface area contributed by atoms with Crippen LogP contribution in [0.4, 0.5) is 11.5 Å². The van der Waals surface area contributed by atoms with Gasteiger partial charge in [0.25, 0.3) is 0 Å². The lowest BCUT2D eigenvalue weighted by molar-refractivity contribution is -0.389. The molecule has 2 heterocycles. The van der Waals surface area contributed by atoms with Crippen molar-refractivity contribution in [3.63, 3.8) is 0 Å². The van der Waals surface area contributed by atoms with Crippen molar-refractivity contribution >= 4 is 23.2 Å². The van der Waals surface area contributed by atoms with Crippen molar-refractivity contribution in [1.82, 2.24) is 9.55 Å². The van der Waals surface area contributed by atoms with Gasteiger partial charge in [-0.2, -0.15) is 0 Å². The van der Waals surface area contributed by atoms with Gasteiger partial charge in [-0.25, -0.2) is 0 Å². The van der Waals surface area contributed by atoms with Crippen molar-refractivity contribution < 1.29 is 14.5 Å². The number of imidazole rings is 1. The Labute approximate surface area is 137 Å². The monoisotopic (exact) mass is 328 g/mol. The Balaban J connectivity index is 1.81. The second kappa shape index (κ2) is 5.88. The summed E-state index contributed by atoms with van der Waals surface area (Å²) in [5.41, 5.74) is 2.31. The molecule has 0 spiro atoms. The molecule has 8 nitrogen and oxygen atoms in total. The van der Waals surface area contributed by atoms with Crippen LogP contribution in [-0.4, -0.2) is 32.2 Å². The number of anilines is 1. The van der Waals surface area contributed by atoms with E-state index in [2.05, 4.69) is 4.98 Å². The first-order chi connectivity index (χ1) is 11.4. The first-order valence-electron chi connectivity index (χ1n) is 7.49. The van der Waals surface area contributed by atoms with E-state index in [1.54, 1.807) is 23.1 Å². The van der Waals surface area contributed by atoms with Crippen LogP contribution < -0.4 is 4.90 Å². The first-order valence-corrected chi connectivity index (χ1v) is 7.49. The van der Waals surface area contributed by atoms with Crippen LogP contribution >= 0.6 is 0 Å². The Kier molecular flexibility index (Phi) is 3.88. The summed E-state index contributed by atoms with van der Waals surface area (Å²) in [6.45, 7) is 3.47. The van der Waals surface area contributed by atoms with E-state index in [0.29, 0.717) is 12.0 Å². The number of aromatic nitrogens is 2. The van der Waals surface area contributed by atoms with Gasteiger partial charge in [0, 0.05) is 24.2 Å². The van der Waals surface area contributed by atoms with E-state index in [9.17, 15) is 19.7 Å². The van der Waals surface area contributed by atoms with E-state index < -0.39 is 4.92 Å². The number of carbonyl (C=O) groups is 2. The van der Waals surface area contributed by atoms with Crippen molar-refractivity contribution in [3.05, 3.63) is 52.0 Å². The zero-order valence-electron chi connectivity index (χ0n) is 13.3. The number of amides is 1. The van der Waals surface area contributed by atoms with Crippen LogP contribution in [0.25, 0.3) is 0 Å². The zero-order chi connectivity index (χ0) is 17.4. The number of fused-ring (bicyclic) bond motifs is 1. The second-order valence-electron chi connectivity index (χ2n) is 5.87. The number of Topliss-reactive ketones (excluding diaryl/α,β-unsaturated/α-hetero) is 1. The summed E-state index contributed by atoms with van der Waals surface area (Å²) in [6, 6.07) is 5.33. The molecule has 1 aromatic carbocycles. The van der Waals surface area contributed by atoms with E-state index in [1.165, 1.54) is 24.0 Å². The third-order valence-corrected chi connectivity index (χ3v) is 4.09. The van der Waals surface area contributed by atoms with E-state index >= 15 is 0 Å². The van der Waals surface area contributed by atoms with Crippen molar-refractivity contribution in [2.24, 2.45) is 0 Å². The summed E-state index contributed by atoms with van der Waals surface area (Å²) >= 11 is 0. The number of benzene rings is 1. The fourth-order valence-corrected chi connectivity index (χ4v) is 3.07. The fourth-order valence-electron chi connectivity index (χ4n) is 3.07. The molecule has 124 valence electrons. The van der Waals surface area contributed by atoms with Crippen molar-refractivity contribution in [3.8, 4) is 0 Å². The number of nitrogens with zero attached hydrogens (tertiary/aromatic N) is 4. The molecule has 3 rings (SSSR count). The highest BCUT2D eigenvalue weighted by Gasteiger charge is 2.29. The fraction of sp³-hybridized carbons (Fsp3) is 0.312. The molecular weight excluding hydrogens is 312 g/mol. The second-order valence-corrected chi connectivity index (χ2v) is 5.87. The van der Waals surface area contributed by atoms with Crippen LogP contribution in [0.2, 0.25) is 0 Å². The maximum Gasteiger partial charge on any atom is 0.381 e. The van der Waals surface area contributed by atoms with Gasteiger partial charge in [-0.3, -0.25) is 9.59 Å². The zero-order valence-corrected chi connectivity index (χ0v) is 13.3. The van der Waals surface area contributed by atoms with Crippen molar-refractivity contribution in [2.75, 3.05) is 4.90 Å². The largest absolute Gasteiger partial charge is 0.381 e. The van der Waals surface area contributed by atoms with E-state index in [-0.39, 0.29) is 30.1 Å². The summed E-state index contributed by atoms with van der Waals surface area (Å²) in [4.78, 5) is 39.5. The van der Waals surface area contributed by atoms with Gasteiger partial charge in [0.05, 0.1) is 6.54 Å². The Morgan fingerprint density at radius 3 is 2.79 bits per heavy atom. The summed E-state index contributed by atoms with van der Waals surface area (Å²) in [7, 11) is 0. The minimum Gasteiger partial charge on any atom is -0.358 e. The maximum atomic E-state index is 12.4. The predicted molar refractivity (Wildman–Crippen MR) is 86.0 cm³/mol. The molecule has 0 unspecified atom stereocenters. The molecule has 8 heteroatoms. The Hall–Kier alpha value is -3.03. The quantitative estimate of drug-likeness (QED) is 0.485. The number of hydrogen-bond acceptors (Lipinski definition) is 5. The summed E-state index contributed by atoms with van der Waals surface area (Å²) < 4.78 is 1.39. The van der Waals surface area contributed by atoms with E-state index in [0.717, 1.165) is 11.3 Å². The summed E-state index contributed by atoms with van der Waals surface area (Å²) in [6.07, 6.45) is 3.19. The first kappa shape index (κ1) is 15.9. The van der Waals surface area contributed by atoms with Gasteiger partial charge in [-0.05, 0) is 47.0 Å². The van der Waals surface area contributed by atoms with Gasteiger partial charge >= 0.3 is 5.82 Å². The molecule has 1 aromatic heterocycles. The lowest BCUT2D eigenvalue weighted by Crippen LogP contribution is -2.33. The van der Waals surface area contributed by atoms with Crippen LogP contribution in [-0.2, 0) is 17.8 Å². The third-order valence-electron chi connectivity index (χ3n) is 4.09. The third kappa shape index (κ3) is 2.78. The predicted octanol–water partition coefficient (Wildman–Crippen LogP) is 1.97. The Morgan fingerprint density at radius 1 is 1.42 bits per heavy atom. The molecule has 0 fully saturated rings. The maximum absolute atomic E-state index is 12.4. The number of carbonyl (C=O) groups excluding carboxylic acids is 2. The highest BCUT2D eigenvalue weighted by atomic mass is 16.6. The van der Waals surface area contributed by atoms with E-state index in [4.69, 9.17) is 0 Å². The van der Waals surface area contributed by atoms with Crippen LogP contribution in [0.5, 0.6) is 0 Å². The number of rotatable bonds is 4. The van der Waals surface area contributed by atoms with Crippen LogP contribution in [0, 0.1) is 10.1 Å². The average Bonchev–Trinajstić information content (AvgIpc) is 3.09. The summed E-state index contributed by atoms with van der Waals surface area (Å²) in [5.74, 6) is -0.479. The highest BCUT2D eigenvalue weighted by Crippen LogP contribution is 2.33. The van der Waals surface area contributed by atoms with Crippen molar-refractivity contribution in [2.45, 2.75) is 32.9 Å². The molecule has 1 amide bonds. The summed E-state index contributed by atoms with van der Waals surface area (Å²) in [5, 5.41) is 10.6. The number of nitro groups is 1. The molecular formula is C16H16N4O4. The molecule has 0 bridgehead atoms. The van der Waals surface area contributed by atoms with Gasteiger partial charge in [0.2, 0.25) is 12.2 Å². The topological polar surface area (TPSA) is 98.3 Å². The van der Waals surface area contributed by atoms with Gasteiger partial charge in [-0.15, -0.1) is 0 Å². The normalized spacial score (nSPS) is 16.1. The van der Waals surface area contributed by atoms with Gasteiger partial charge in [-0.1, -0.05) is 0 Å². The van der Waals surface area contributed by atoms with Gasteiger partial charge in [0.15, 0.2) is 5.78 Å². The standard InChI is InChI=1S/C16H16N4O4/c1-10-5-13-6-12(3-4-14(13)19(10)11(2)21)15(22)7-18-8-16(17-9-18)20(23)24/h3-4,6,8-10H,5,7H2,1-2H3/t10-/m0/s1. The Bertz CT molecular complexity index is 842. The van der Waals surface area contributed by atoms with Gasteiger partial charge < -0.3 is 19.6 Å². The molecule has 0 N–H and O–H groups in total. The van der Waals surface area contributed by atoms with Crippen molar-refractivity contribution in [1.29, 1.82) is 0 Å². The number of hydrogen-bond donors (Lipinski definition) is 0. The smallest absolute Gasteiger partial charge is 0.358 e. The van der Waals surface area contributed by atoms with Crippen LogP contribution in [0.3, 0.4) is 0 Å². The minimum absolute atomic E-state index is 0.0222. The molecule has 1 atom stereocenters. The Morgan fingerprint density at radius 2 is 2.17 bits per heavy atom. The SMILES string of the molecule is CC(=O)N1c2ccc(C(=O)Cn3cnc([N+](=O)[O-])c3)cc2C[C@@H]1C. The van der Waals surface area contributed by atoms with Crippen LogP contribution in [0.1, 0.15) is 29.8 Å². The van der Waals surface area contributed by atoms with Crippen LogP contribution in [0.15, 0.2) is 30.7 Å². The molecule has 2 aromatic rings. The lowest BCUT2D eigenvalue weighted by Gasteiger charge is -2.20. The molecule has 0 radical (unpaired) electrons. The number of ketones is 1. The lowest BCUT2D eigenvalue weighted by atomic mass is 10.0. The average molecular weight is 328 g/mol. The molecule has 0 aliphatic carbocycles. The molecule has 1 aliphatic heterocycles. The molecule has 0 saturated heterocycles. The minimum atomic E-state index is -0.603. The van der Waals surface area contributed by atoms with Gasteiger partial charge in [0.1, 0.15) is 6.20 Å². The molecule has 1 aliphatic rings.